The van der Waals surface area contributed by atoms with Crippen LogP contribution in [0.3, 0.4) is 0 Å². The SMILES string of the molecule is CC1=NOC(c2c(F)cccc2F)C1.CC1=NOC(c2ccc(C)cc2)C1.CC1=NOC(c2ccc(C)cc2)C1.CC1=NOC(c2ccccc2Br)C1.CC1=NOC(c2ccccc2C)C1.CC1=NOC(c2ccccc2C)C1.CC1=NOC(c2ccccc2Cl)C1.CC1=NOC(c2ccccc2F)C1.CC1=NOC(c2ccccc2I)C1. The molecule has 0 saturated heterocycles. The third-order valence-corrected chi connectivity index (χ3v) is 21.7. The fraction of sp³-hybridized carbons (Fsp3) is 0.330. The normalized spacial score (nSPS) is 21.0. The molecule has 9 aromatic carbocycles. The van der Waals surface area contributed by atoms with E-state index in [4.69, 9.17) is 55.1 Å². The lowest BCUT2D eigenvalue weighted by Crippen LogP contribution is -2.04. The van der Waals surface area contributed by atoms with Gasteiger partial charge in [0.1, 0.15) is 17.5 Å². The highest BCUT2D eigenvalue weighted by atomic mass is 127. The monoisotopic (exact) mass is 1800 g/mol. The van der Waals surface area contributed by atoms with Crippen LogP contribution in [0.25, 0.3) is 0 Å². The summed E-state index contributed by atoms with van der Waals surface area (Å²) >= 11 is 11.8. The van der Waals surface area contributed by atoms with Gasteiger partial charge < -0.3 is 43.5 Å². The Kier molecular flexibility index (Phi) is 34.2. The van der Waals surface area contributed by atoms with Gasteiger partial charge >= 0.3 is 0 Å². The molecule has 9 atom stereocenters. The molecule has 0 radical (unpaired) electrons. The molecule has 18 nitrogen and oxygen atoms in total. The number of oxime groups is 9. The molecule has 9 heterocycles. The van der Waals surface area contributed by atoms with Gasteiger partial charge in [-0.3, -0.25) is 0 Å². The van der Waals surface area contributed by atoms with Crippen LogP contribution in [0.15, 0.2) is 263 Å². The average Bonchev–Trinajstić information content (AvgIpc) is 1.64. The highest BCUT2D eigenvalue weighted by molar-refractivity contribution is 14.1. The highest BCUT2D eigenvalue weighted by Gasteiger charge is 2.30. The topological polar surface area (TPSA) is 194 Å². The molecule has 0 N–H and O–H groups in total. The van der Waals surface area contributed by atoms with Gasteiger partial charge in [-0.1, -0.05) is 261 Å². The minimum atomic E-state index is -0.615. The Labute approximate surface area is 717 Å². The first-order valence-electron chi connectivity index (χ1n) is 39.2. The summed E-state index contributed by atoms with van der Waals surface area (Å²) in [5, 5.41) is 35.7. The third kappa shape index (κ3) is 27.0. The molecule has 118 heavy (non-hydrogen) atoms. The number of halogens is 6. The summed E-state index contributed by atoms with van der Waals surface area (Å²) in [4.78, 5) is 47.0. The van der Waals surface area contributed by atoms with Gasteiger partial charge in [0.25, 0.3) is 0 Å². The third-order valence-electron chi connectivity index (χ3n) is 19.6. The zero-order valence-electron chi connectivity index (χ0n) is 68.7. The van der Waals surface area contributed by atoms with Crippen molar-refractivity contribution < 1.29 is 56.7 Å². The van der Waals surface area contributed by atoms with Gasteiger partial charge in [-0.2, -0.15) is 0 Å². The molecule has 0 fully saturated rings. The smallest absolute Gasteiger partial charge is 0.163 e. The average molecular weight is 1800 g/mol. The van der Waals surface area contributed by atoms with Crippen molar-refractivity contribution in [2.24, 2.45) is 46.4 Å². The van der Waals surface area contributed by atoms with Crippen LogP contribution in [-0.4, -0.2) is 51.4 Å². The van der Waals surface area contributed by atoms with Crippen LogP contribution in [0.2, 0.25) is 5.02 Å². The van der Waals surface area contributed by atoms with E-state index in [1.165, 1.54) is 83.5 Å². The standard InChI is InChI=1S/4C11H13NO.C10H10BrNO.C10H10ClNO.C10H9F2NO.C10H10FNO.C10H10INO/c2*1-8-3-5-10(6-4-8)11-7-9(2)12-13-11;2*1-8-5-3-4-6-10(8)11-7-9(2)12-13-11;2*1-7-6-10(13-12-7)8-4-2-3-5-9(8)11;1-6-5-9(14-13-6)10-7(11)3-2-4-8(10)12;2*1-7-6-10(13-12-7)8-4-2-3-5-9(8)11/h4*3-6,11H,7H2,1-2H3;2*2-5,10H,6H2,1H3;2-4,9H,5H2,1H3;2*2-5,10H,6H2,1H3. The maximum atomic E-state index is 13.3. The van der Waals surface area contributed by atoms with Crippen LogP contribution < -0.4 is 0 Å². The van der Waals surface area contributed by atoms with E-state index in [0.717, 1.165) is 111 Å². The molecule has 18 rings (SSSR count). The van der Waals surface area contributed by atoms with Gasteiger partial charge in [0.15, 0.2) is 54.9 Å². The lowest BCUT2D eigenvalue weighted by Gasteiger charge is -2.10. The van der Waals surface area contributed by atoms with Crippen molar-refractivity contribution in [3.05, 3.63) is 315 Å². The van der Waals surface area contributed by atoms with Crippen LogP contribution in [0.5, 0.6) is 0 Å². The van der Waals surface area contributed by atoms with Crippen LogP contribution in [0.1, 0.15) is 247 Å². The molecule has 0 bridgehead atoms. The van der Waals surface area contributed by atoms with Gasteiger partial charge in [0.05, 0.1) is 57.0 Å². The van der Waals surface area contributed by atoms with E-state index >= 15 is 0 Å². The van der Waals surface area contributed by atoms with Crippen molar-refractivity contribution in [3.8, 4) is 0 Å². The number of benzene rings is 9. The zero-order valence-corrected chi connectivity index (χ0v) is 73.2. The van der Waals surface area contributed by atoms with E-state index in [-0.39, 0.29) is 60.2 Å². The van der Waals surface area contributed by atoms with Crippen LogP contribution >= 0.6 is 50.1 Å². The van der Waals surface area contributed by atoms with Gasteiger partial charge in [0, 0.05) is 93.1 Å². The van der Waals surface area contributed by atoms with Crippen molar-refractivity contribution in [2.45, 2.75) is 203 Å². The Hall–Kier alpha value is -10.5. The summed E-state index contributed by atoms with van der Waals surface area (Å²) in [7, 11) is 0. The molecule has 0 aliphatic carbocycles. The number of aryl methyl sites for hydroxylation is 4. The van der Waals surface area contributed by atoms with Crippen LogP contribution in [-0.2, 0) is 43.5 Å². The molecular formula is C94H101BrClF3IN9O9. The summed E-state index contributed by atoms with van der Waals surface area (Å²) in [5.74, 6) is -1.39. The molecule has 9 unspecified atom stereocenters. The minimum absolute atomic E-state index is 0.00806. The fourth-order valence-corrected chi connectivity index (χ4v) is 14.7. The van der Waals surface area contributed by atoms with E-state index < -0.39 is 17.7 Å². The maximum Gasteiger partial charge on any atom is 0.163 e. The van der Waals surface area contributed by atoms with Crippen molar-refractivity contribution in [1.82, 2.24) is 0 Å². The minimum Gasteiger partial charge on any atom is -0.387 e. The van der Waals surface area contributed by atoms with Gasteiger partial charge in [-0.05, 0) is 182 Å². The Morgan fingerprint density at radius 1 is 0.271 bits per heavy atom. The van der Waals surface area contributed by atoms with Crippen molar-refractivity contribution in [2.75, 3.05) is 0 Å². The van der Waals surface area contributed by atoms with Gasteiger partial charge in [-0.15, -0.1) is 0 Å². The first kappa shape index (κ1) is 89.8. The van der Waals surface area contributed by atoms with Crippen LogP contribution in [0.4, 0.5) is 13.2 Å². The maximum absolute atomic E-state index is 13.3. The van der Waals surface area contributed by atoms with Gasteiger partial charge in [0.2, 0.25) is 0 Å². The van der Waals surface area contributed by atoms with E-state index in [1.54, 1.807) is 25.1 Å². The molecule has 9 aliphatic heterocycles. The molecule has 618 valence electrons. The van der Waals surface area contributed by atoms with Crippen molar-refractivity contribution in [1.29, 1.82) is 0 Å². The summed E-state index contributed by atoms with van der Waals surface area (Å²) < 4.78 is 42.1. The van der Waals surface area contributed by atoms with Gasteiger partial charge in [-0.25, -0.2) is 13.2 Å². The van der Waals surface area contributed by atoms with Crippen molar-refractivity contribution >= 4 is 102 Å². The highest BCUT2D eigenvalue weighted by Crippen LogP contribution is 2.38. The first-order chi connectivity index (χ1) is 56.8. The summed E-state index contributed by atoms with van der Waals surface area (Å²) in [6.07, 6.45) is 7.39. The Morgan fingerprint density at radius 2 is 0.534 bits per heavy atom. The van der Waals surface area contributed by atoms with Crippen molar-refractivity contribution in [3.63, 3.8) is 0 Å². The second-order valence-electron chi connectivity index (χ2n) is 29.9. The lowest BCUT2D eigenvalue weighted by atomic mass is 10.0. The molecule has 9 aliphatic rings. The number of hydrogen-bond acceptors (Lipinski definition) is 18. The molecule has 0 spiro atoms. The molecular weight excluding hydrogens is 1700 g/mol. The Bertz CT molecular complexity index is 4510. The molecule has 0 saturated carbocycles. The number of nitrogens with zero attached hydrogens (tertiary/aromatic N) is 9. The molecule has 0 amide bonds. The zero-order chi connectivity index (χ0) is 84.2. The van der Waals surface area contributed by atoms with Crippen LogP contribution in [0, 0.1) is 48.7 Å². The fourth-order valence-electron chi connectivity index (χ4n) is 13.2. The molecule has 24 heteroatoms. The predicted molar refractivity (Wildman–Crippen MR) is 476 cm³/mol. The first-order valence-corrected chi connectivity index (χ1v) is 41.5. The predicted octanol–water partition coefficient (Wildman–Crippen LogP) is 26.4. The Morgan fingerprint density at radius 3 is 0.873 bits per heavy atom. The number of rotatable bonds is 9. The summed E-state index contributed by atoms with van der Waals surface area (Å²) in [5.41, 5.74) is 23.1. The number of hydrogen-bond donors (Lipinski definition) is 0. The molecule has 0 aromatic heterocycles. The molecule has 9 aromatic rings. The van der Waals surface area contributed by atoms with E-state index in [2.05, 4.69) is 204 Å². The quantitative estimate of drug-likeness (QED) is 0.126. The second-order valence-corrected chi connectivity index (χ2v) is 32.3. The lowest BCUT2D eigenvalue weighted by molar-refractivity contribution is 0.0799. The second kappa shape index (κ2) is 44.9. The van der Waals surface area contributed by atoms with E-state index in [9.17, 15) is 13.2 Å². The van der Waals surface area contributed by atoms with E-state index in [1.807, 2.05) is 134 Å². The summed E-state index contributed by atoms with van der Waals surface area (Å²) in [6.45, 7) is 25.9. The van der Waals surface area contributed by atoms with E-state index in [0.29, 0.717) is 18.4 Å². The summed E-state index contributed by atoms with van der Waals surface area (Å²) in [6, 6.07) is 67.9. The Balaban J connectivity index is 0.000000140. The largest absolute Gasteiger partial charge is 0.387 e.